The van der Waals surface area contributed by atoms with Gasteiger partial charge < -0.3 is 15.4 Å². The van der Waals surface area contributed by atoms with Gasteiger partial charge in [0.2, 0.25) is 0 Å². The molecule has 0 aliphatic heterocycles. The Morgan fingerprint density at radius 2 is 1.79 bits per heavy atom. The molecule has 0 heterocycles. The van der Waals surface area contributed by atoms with Gasteiger partial charge in [0.1, 0.15) is 5.75 Å². The lowest BCUT2D eigenvalue weighted by Gasteiger charge is -2.08. The molecule has 0 bridgehead atoms. The van der Waals surface area contributed by atoms with Crippen molar-refractivity contribution in [2.75, 3.05) is 13.7 Å². The summed E-state index contributed by atoms with van der Waals surface area (Å²) in [5, 5.41) is 5.70. The number of benzene rings is 2. The van der Waals surface area contributed by atoms with Gasteiger partial charge in [-0.05, 0) is 35.7 Å². The maximum atomic E-state index is 11.8. The first-order chi connectivity index (χ1) is 11.6. The summed E-state index contributed by atoms with van der Waals surface area (Å²) in [5.74, 6) is -0.582. The Bertz CT molecular complexity index is 719. The lowest BCUT2D eigenvalue weighted by Crippen LogP contribution is -2.40. The second-order valence-electron chi connectivity index (χ2n) is 5.13. The normalized spacial score (nSPS) is 10.1. The van der Waals surface area contributed by atoms with E-state index >= 15 is 0 Å². The van der Waals surface area contributed by atoms with Gasteiger partial charge in [-0.25, -0.2) is 0 Å². The SMILES string of the molecule is COc1cccc(CCNC(=O)C(=O)NCc2ccccc2Cl)c1. The molecule has 2 amide bonds. The van der Waals surface area contributed by atoms with Gasteiger partial charge in [0.25, 0.3) is 0 Å². The Morgan fingerprint density at radius 1 is 1.04 bits per heavy atom. The summed E-state index contributed by atoms with van der Waals surface area (Å²) in [6.45, 7) is 0.577. The Kier molecular flexibility index (Phi) is 6.63. The Morgan fingerprint density at radius 3 is 2.54 bits per heavy atom. The van der Waals surface area contributed by atoms with Crippen LogP contribution in [0.4, 0.5) is 0 Å². The van der Waals surface area contributed by atoms with E-state index in [1.165, 1.54) is 0 Å². The average Bonchev–Trinajstić information content (AvgIpc) is 2.61. The van der Waals surface area contributed by atoms with Crippen molar-refractivity contribution in [1.29, 1.82) is 0 Å². The molecule has 0 fully saturated rings. The highest BCUT2D eigenvalue weighted by Crippen LogP contribution is 2.14. The summed E-state index contributed by atoms with van der Waals surface area (Å²) in [4.78, 5) is 23.6. The van der Waals surface area contributed by atoms with Crippen LogP contribution in [0.5, 0.6) is 5.75 Å². The number of carbonyl (C=O) groups excluding carboxylic acids is 2. The molecule has 0 aliphatic rings. The van der Waals surface area contributed by atoms with E-state index in [-0.39, 0.29) is 6.54 Å². The van der Waals surface area contributed by atoms with E-state index in [1.807, 2.05) is 30.3 Å². The van der Waals surface area contributed by atoms with Crippen molar-refractivity contribution in [2.24, 2.45) is 0 Å². The minimum atomic E-state index is -0.680. The van der Waals surface area contributed by atoms with E-state index in [9.17, 15) is 9.59 Å². The van der Waals surface area contributed by atoms with E-state index in [0.717, 1.165) is 16.9 Å². The van der Waals surface area contributed by atoms with Crippen molar-refractivity contribution in [3.8, 4) is 5.75 Å². The first-order valence-electron chi connectivity index (χ1n) is 7.52. The fourth-order valence-electron chi connectivity index (χ4n) is 2.13. The molecule has 0 atom stereocenters. The molecule has 0 spiro atoms. The molecule has 24 heavy (non-hydrogen) atoms. The molecule has 0 saturated carbocycles. The van der Waals surface area contributed by atoms with Crippen LogP contribution in [0, 0.1) is 0 Å². The van der Waals surface area contributed by atoms with E-state index in [0.29, 0.717) is 18.0 Å². The number of hydrogen-bond donors (Lipinski definition) is 2. The summed E-state index contributed by atoms with van der Waals surface area (Å²) in [6.07, 6.45) is 0.612. The van der Waals surface area contributed by atoms with E-state index in [1.54, 1.807) is 25.3 Å². The summed E-state index contributed by atoms with van der Waals surface area (Å²) in [7, 11) is 1.60. The summed E-state index contributed by atoms with van der Waals surface area (Å²) in [5.41, 5.74) is 1.78. The molecule has 5 nitrogen and oxygen atoms in total. The van der Waals surface area contributed by atoms with Crippen LogP contribution in [-0.4, -0.2) is 25.5 Å². The van der Waals surface area contributed by atoms with Gasteiger partial charge >= 0.3 is 11.8 Å². The lowest BCUT2D eigenvalue weighted by atomic mass is 10.1. The van der Waals surface area contributed by atoms with Crippen LogP contribution < -0.4 is 15.4 Å². The van der Waals surface area contributed by atoms with Gasteiger partial charge in [0, 0.05) is 18.1 Å². The molecular formula is C18H19ClN2O3. The van der Waals surface area contributed by atoms with Crippen molar-refractivity contribution >= 4 is 23.4 Å². The van der Waals surface area contributed by atoms with Crippen LogP contribution in [0.2, 0.25) is 5.02 Å². The molecule has 0 aromatic heterocycles. The monoisotopic (exact) mass is 346 g/mol. The molecule has 0 radical (unpaired) electrons. The predicted molar refractivity (Wildman–Crippen MR) is 93.0 cm³/mol. The highest BCUT2D eigenvalue weighted by molar-refractivity contribution is 6.35. The fourth-order valence-corrected chi connectivity index (χ4v) is 2.33. The second-order valence-corrected chi connectivity index (χ2v) is 5.54. The van der Waals surface area contributed by atoms with Crippen molar-refractivity contribution in [3.63, 3.8) is 0 Å². The molecular weight excluding hydrogens is 328 g/mol. The van der Waals surface area contributed by atoms with Crippen molar-refractivity contribution in [3.05, 3.63) is 64.7 Å². The van der Waals surface area contributed by atoms with Gasteiger partial charge in [0.05, 0.1) is 7.11 Å². The van der Waals surface area contributed by atoms with Crippen molar-refractivity contribution in [2.45, 2.75) is 13.0 Å². The number of halogens is 1. The van der Waals surface area contributed by atoms with Crippen LogP contribution >= 0.6 is 11.6 Å². The van der Waals surface area contributed by atoms with Crippen LogP contribution in [0.3, 0.4) is 0 Å². The molecule has 0 aliphatic carbocycles. The lowest BCUT2D eigenvalue weighted by molar-refractivity contribution is -0.139. The maximum absolute atomic E-state index is 11.8. The second kappa shape index (κ2) is 8.93. The summed E-state index contributed by atoms with van der Waals surface area (Å²) < 4.78 is 5.14. The maximum Gasteiger partial charge on any atom is 0.309 e. The van der Waals surface area contributed by atoms with Crippen molar-refractivity contribution in [1.82, 2.24) is 10.6 Å². The minimum Gasteiger partial charge on any atom is -0.497 e. The van der Waals surface area contributed by atoms with Gasteiger partial charge in [0.15, 0.2) is 0 Å². The molecule has 0 unspecified atom stereocenters. The largest absolute Gasteiger partial charge is 0.497 e. The first-order valence-corrected chi connectivity index (χ1v) is 7.90. The number of rotatable bonds is 6. The topological polar surface area (TPSA) is 67.4 Å². The van der Waals surface area contributed by atoms with E-state index < -0.39 is 11.8 Å². The van der Waals surface area contributed by atoms with Gasteiger partial charge in [-0.2, -0.15) is 0 Å². The van der Waals surface area contributed by atoms with Crippen LogP contribution in [0.15, 0.2) is 48.5 Å². The number of hydrogen-bond acceptors (Lipinski definition) is 3. The minimum absolute atomic E-state index is 0.210. The molecule has 2 aromatic rings. The van der Waals surface area contributed by atoms with E-state index in [4.69, 9.17) is 16.3 Å². The Balaban J connectivity index is 1.75. The Hall–Kier alpha value is -2.53. The first kappa shape index (κ1) is 17.8. The molecule has 2 rings (SSSR count). The summed E-state index contributed by atoms with van der Waals surface area (Å²) >= 11 is 6.00. The third kappa shape index (κ3) is 5.28. The fraction of sp³-hybridized carbons (Fsp3) is 0.222. The zero-order valence-electron chi connectivity index (χ0n) is 13.3. The van der Waals surface area contributed by atoms with Crippen LogP contribution in [0.1, 0.15) is 11.1 Å². The third-order valence-corrected chi connectivity index (χ3v) is 3.81. The number of methoxy groups -OCH3 is 1. The standard InChI is InChI=1S/C18H19ClN2O3/c1-24-15-7-4-5-13(11-15)9-10-20-17(22)18(23)21-12-14-6-2-3-8-16(14)19/h2-8,11H,9-10,12H2,1H3,(H,20,22)(H,21,23). The van der Waals surface area contributed by atoms with Crippen LogP contribution in [0.25, 0.3) is 0 Å². The Labute approximate surface area is 146 Å². The highest BCUT2D eigenvalue weighted by atomic mass is 35.5. The molecule has 126 valence electrons. The zero-order chi connectivity index (χ0) is 17.4. The van der Waals surface area contributed by atoms with Gasteiger partial charge in [-0.3, -0.25) is 9.59 Å². The number of amides is 2. The van der Waals surface area contributed by atoms with Crippen LogP contribution in [-0.2, 0) is 22.6 Å². The highest BCUT2D eigenvalue weighted by Gasteiger charge is 2.12. The molecule has 6 heteroatoms. The predicted octanol–water partition coefficient (Wildman–Crippen LogP) is 2.32. The van der Waals surface area contributed by atoms with Gasteiger partial charge in [-0.15, -0.1) is 0 Å². The molecule has 0 saturated heterocycles. The summed E-state index contributed by atoms with van der Waals surface area (Å²) in [6, 6.07) is 14.7. The average molecular weight is 347 g/mol. The number of ether oxygens (including phenoxy) is 1. The number of nitrogens with one attached hydrogen (secondary N) is 2. The molecule has 2 N–H and O–H groups in total. The quantitative estimate of drug-likeness (QED) is 0.789. The third-order valence-electron chi connectivity index (χ3n) is 3.44. The van der Waals surface area contributed by atoms with Gasteiger partial charge in [-0.1, -0.05) is 41.9 Å². The number of carbonyl (C=O) groups is 2. The smallest absolute Gasteiger partial charge is 0.309 e. The van der Waals surface area contributed by atoms with E-state index in [2.05, 4.69) is 10.6 Å². The van der Waals surface area contributed by atoms with Crippen molar-refractivity contribution < 1.29 is 14.3 Å². The zero-order valence-corrected chi connectivity index (χ0v) is 14.1. The molecule has 2 aromatic carbocycles.